The summed E-state index contributed by atoms with van der Waals surface area (Å²) in [5.41, 5.74) is 1.67. The Morgan fingerprint density at radius 1 is 1.08 bits per heavy atom. The van der Waals surface area contributed by atoms with Gasteiger partial charge in [0.25, 0.3) is 5.69 Å². The Hall–Kier alpha value is -2.15. The maximum atomic E-state index is 10.9. The first kappa shape index (κ1) is 18.6. The topological polar surface area (TPSA) is 62.0 Å². The average molecular weight is 393 g/mol. The summed E-state index contributed by atoms with van der Waals surface area (Å²) in [6, 6.07) is 12.5. The molecule has 1 aliphatic heterocycles. The molecule has 1 fully saturated rings. The molecule has 0 amide bonds. The van der Waals surface area contributed by atoms with Crippen molar-refractivity contribution in [2.75, 3.05) is 26.2 Å². The molecule has 0 radical (unpaired) electrons. The van der Waals surface area contributed by atoms with Gasteiger partial charge in [0.1, 0.15) is 5.02 Å². The molecule has 0 aliphatic carbocycles. The highest BCUT2D eigenvalue weighted by molar-refractivity contribution is 6.32. The van der Waals surface area contributed by atoms with Crippen molar-refractivity contribution in [1.82, 2.24) is 9.91 Å². The molecule has 0 N–H and O–H groups in total. The first-order valence-corrected chi connectivity index (χ1v) is 8.97. The number of benzene rings is 2. The van der Waals surface area contributed by atoms with Crippen LogP contribution in [0.5, 0.6) is 0 Å². The molecule has 1 saturated heterocycles. The lowest BCUT2D eigenvalue weighted by Crippen LogP contribution is -2.43. The number of hydrogen-bond acceptors (Lipinski definition) is 5. The van der Waals surface area contributed by atoms with E-state index in [1.807, 2.05) is 29.3 Å². The molecular weight excluding hydrogens is 375 g/mol. The molecule has 0 bridgehead atoms. The molecule has 0 aromatic heterocycles. The fourth-order valence-corrected chi connectivity index (χ4v) is 3.16. The van der Waals surface area contributed by atoms with Gasteiger partial charge in [0.15, 0.2) is 0 Å². The highest BCUT2D eigenvalue weighted by Gasteiger charge is 2.17. The normalized spacial score (nSPS) is 15.5. The Morgan fingerprint density at radius 3 is 2.50 bits per heavy atom. The van der Waals surface area contributed by atoms with Crippen LogP contribution in [-0.4, -0.2) is 47.2 Å². The molecular formula is C18H18Cl2N4O2. The van der Waals surface area contributed by atoms with E-state index in [2.05, 4.69) is 10.0 Å². The van der Waals surface area contributed by atoms with Gasteiger partial charge in [0, 0.05) is 49.4 Å². The standard InChI is InChI=1S/C18H18Cl2N4O2/c19-16-4-2-1-3-15(16)13-22-7-9-23(10-8-22)21-12-14-5-6-17(20)18(11-14)24(25)26/h1-6,11-12H,7-10,13H2/b21-12+. The molecule has 0 unspecified atom stereocenters. The summed E-state index contributed by atoms with van der Waals surface area (Å²) in [5.74, 6) is 0. The number of nitro benzene ring substituents is 1. The van der Waals surface area contributed by atoms with Gasteiger partial charge in [-0.3, -0.25) is 20.0 Å². The van der Waals surface area contributed by atoms with E-state index in [0.717, 1.165) is 43.3 Å². The summed E-state index contributed by atoms with van der Waals surface area (Å²) >= 11 is 12.0. The van der Waals surface area contributed by atoms with Gasteiger partial charge >= 0.3 is 0 Å². The smallest absolute Gasteiger partial charge is 0.288 e. The molecule has 0 atom stereocenters. The van der Waals surface area contributed by atoms with Crippen LogP contribution in [0, 0.1) is 10.1 Å². The van der Waals surface area contributed by atoms with Gasteiger partial charge in [-0.25, -0.2) is 0 Å². The highest BCUT2D eigenvalue weighted by atomic mass is 35.5. The molecule has 136 valence electrons. The Bertz CT molecular complexity index is 821. The molecule has 0 saturated carbocycles. The van der Waals surface area contributed by atoms with Crippen LogP contribution >= 0.6 is 23.2 Å². The number of rotatable bonds is 5. The lowest BCUT2D eigenvalue weighted by atomic mass is 10.2. The molecule has 1 aliphatic rings. The number of nitro groups is 1. The minimum absolute atomic E-state index is 0.111. The zero-order chi connectivity index (χ0) is 18.5. The maximum absolute atomic E-state index is 10.9. The third-order valence-corrected chi connectivity index (χ3v) is 4.93. The minimum Gasteiger partial charge on any atom is -0.295 e. The van der Waals surface area contributed by atoms with E-state index >= 15 is 0 Å². The van der Waals surface area contributed by atoms with E-state index in [9.17, 15) is 10.1 Å². The fourth-order valence-electron chi connectivity index (χ4n) is 2.78. The summed E-state index contributed by atoms with van der Waals surface area (Å²) in [6.07, 6.45) is 1.63. The lowest BCUT2D eigenvalue weighted by molar-refractivity contribution is -0.384. The molecule has 2 aromatic rings. The van der Waals surface area contributed by atoms with Gasteiger partial charge in [-0.2, -0.15) is 5.10 Å². The van der Waals surface area contributed by atoms with Crippen molar-refractivity contribution >= 4 is 35.1 Å². The van der Waals surface area contributed by atoms with E-state index < -0.39 is 4.92 Å². The number of piperazine rings is 1. The maximum Gasteiger partial charge on any atom is 0.288 e. The number of halogens is 2. The van der Waals surface area contributed by atoms with Crippen molar-refractivity contribution in [2.45, 2.75) is 6.54 Å². The third kappa shape index (κ3) is 4.72. The van der Waals surface area contributed by atoms with Crippen LogP contribution in [0.15, 0.2) is 47.6 Å². The molecule has 1 heterocycles. The summed E-state index contributed by atoms with van der Waals surface area (Å²) in [6.45, 7) is 4.15. The lowest BCUT2D eigenvalue weighted by Gasteiger charge is -2.33. The number of hydrogen-bond donors (Lipinski definition) is 0. The van der Waals surface area contributed by atoms with Crippen molar-refractivity contribution in [3.63, 3.8) is 0 Å². The van der Waals surface area contributed by atoms with Crippen LogP contribution in [-0.2, 0) is 6.54 Å². The second-order valence-electron chi connectivity index (χ2n) is 6.03. The predicted molar refractivity (Wildman–Crippen MR) is 104 cm³/mol. The average Bonchev–Trinajstić information content (AvgIpc) is 2.64. The summed E-state index contributed by atoms with van der Waals surface area (Å²) < 4.78 is 0. The first-order valence-electron chi connectivity index (χ1n) is 8.21. The third-order valence-electron chi connectivity index (χ3n) is 4.24. The predicted octanol–water partition coefficient (Wildman–Crippen LogP) is 4.05. The number of hydrazone groups is 1. The van der Waals surface area contributed by atoms with Crippen molar-refractivity contribution < 1.29 is 4.92 Å². The van der Waals surface area contributed by atoms with Crippen LogP contribution in [0.25, 0.3) is 0 Å². The van der Waals surface area contributed by atoms with E-state index in [0.29, 0.717) is 5.56 Å². The molecule has 0 spiro atoms. The molecule has 2 aromatic carbocycles. The fraction of sp³-hybridized carbons (Fsp3) is 0.278. The van der Waals surface area contributed by atoms with Crippen LogP contribution in [0.1, 0.15) is 11.1 Å². The summed E-state index contributed by atoms with van der Waals surface area (Å²) in [4.78, 5) is 12.8. The second-order valence-corrected chi connectivity index (χ2v) is 6.85. The van der Waals surface area contributed by atoms with Crippen molar-refractivity contribution in [2.24, 2.45) is 5.10 Å². The van der Waals surface area contributed by atoms with Crippen molar-refractivity contribution in [3.05, 3.63) is 73.8 Å². The monoisotopic (exact) mass is 392 g/mol. The van der Waals surface area contributed by atoms with Gasteiger partial charge in [0.05, 0.1) is 11.1 Å². The van der Waals surface area contributed by atoms with Crippen molar-refractivity contribution in [3.8, 4) is 0 Å². The highest BCUT2D eigenvalue weighted by Crippen LogP contribution is 2.24. The Balaban J connectivity index is 1.55. The molecule has 26 heavy (non-hydrogen) atoms. The van der Waals surface area contributed by atoms with E-state index in [4.69, 9.17) is 23.2 Å². The Labute approximate surface area is 161 Å². The van der Waals surface area contributed by atoms with Crippen LogP contribution in [0.2, 0.25) is 10.0 Å². The van der Waals surface area contributed by atoms with E-state index in [1.165, 1.54) is 12.1 Å². The van der Waals surface area contributed by atoms with Gasteiger partial charge < -0.3 is 0 Å². The van der Waals surface area contributed by atoms with Crippen molar-refractivity contribution in [1.29, 1.82) is 0 Å². The van der Waals surface area contributed by atoms with E-state index in [1.54, 1.807) is 12.3 Å². The van der Waals surface area contributed by atoms with Gasteiger partial charge in [-0.05, 0) is 17.7 Å². The van der Waals surface area contributed by atoms with Crippen LogP contribution < -0.4 is 0 Å². The minimum atomic E-state index is -0.493. The summed E-state index contributed by atoms with van der Waals surface area (Å²) in [7, 11) is 0. The largest absolute Gasteiger partial charge is 0.295 e. The zero-order valence-corrected chi connectivity index (χ0v) is 15.5. The van der Waals surface area contributed by atoms with Gasteiger partial charge in [0.2, 0.25) is 0 Å². The quantitative estimate of drug-likeness (QED) is 0.437. The van der Waals surface area contributed by atoms with Gasteiger partial charge in [-0.1, -0.05) is 47.5 Å². The number of nitrogens with zero attached hydrogens (tertiary/aromatic N) is 4. The van der Waals surface area contributed by atoms with Crippen LogP contribution in [0.4, 0.5) is 5.69 Å². The Morgan fingerprint density at radius 2 is 1.81 bits per heavy atom. The SMILES string of the molecule is O=[N+]([O-])c1cc(/C=N/N2CCN(Cc3ccccc3Cl)CC2)ccc1Cl. The molecule has 3 rings (SSSR count). The van der Waals surface area contributed by atoms with Crippen LogP contribution in [0.3, 0.4) is 0 Å². The first-order chi connectivity index (χ1) is 12.5. The van der Waals surface area contributed by atoms with Gasteiger partial charge in [-0.15, -0.1) is 0 Å². The zero-order valence-electron chi connectivity index (χ0n) is 14.0. The Kier molecular flexibility index (Phi) is 6.08. The second kappa shape index (κ2) is 8.49. The molecule has 8 heteroatoms. The molecule has 6 nitrogen and oxygen atoms in total. The summed E-state index contributed by atoms with van der Waals surface area (Å²) in [5, 5.41) is 18.3. The van der Waals surface area contributed by atoms with E-state index in [-0.39, 0.29) is 10.7 Å².